The lowest BCUT2D eigenvalue weighted by Gasteiger charge is -2.12. The van der Waals surface area contributed by atoms with Gasteiger partial charge in [0.25, 0.3) is 15.9 Å². The molecule has 0 aliphatic carbocycles. The van der Waals surface area contributed by atoms with E-state index in [0.717, 1.165) is 5.56 Å². The van der Waals surface area contributed by atoms with Crippen molar-refractivity contribution in [1.29, 1.82) is 0 Å². The predicted molar refractivity (Wildman–Crippen MR) is 125 cm³/mol. The molecule has 0 unspecified atom stereocenters. The third-order valence-electron chi connectivity index (χ3n) is 3.84. The van der Waals surface area contributed by atoms with Crippen LogP contribution in [0.2, 0.25) is 5.02 Å². The number of thiocarbonyl (C=S) groups is 1. The highest BCUT2D eigenvalue weighted by Crippen LogP contribution is 2.23. The average molecular weight is 568 g/mol. The highest BCUT2D eigenvalue weighted by molar-refractivity contribution is 14.1. The smallest absolute Gasteiger partial charge is 0.264 e. The standard InChI is InChI=1S/C18H19ClIN3O4S2/c1-21-18(28)23-29(25,26)16-9-11(3-5-14(16)20)7-8-22-17(24)13-10-12(19)4-6-15(13)27-2/h3-6,9-10H,7-8H2,1-2H3,(H,22,24)(H2,21,23,28). The number of rotatable bonds is 7. The summed E-state index contributed by atoms with van der Waals surface area (Å²) in [6, 6.07) is 9.86. The maximum Gasteiger partial charge on any atom is 0.264 e. The first kappa shape index (κ1) is 23.6. The predicted octanol–water partition coefficient (Wildman–Crippen LogP) is 2.71. The van der Waals surface area contributed by atoms with E-state index >= 15 is 0 Å². The Morgan fingerprint density at radius 3 is 2.62 bits per heavy atom. The number of benzene rings is 2. The summed E-state index contributed by atoms with van der Waals surface area (Å²) in [7, 11) is -0.798. The minimum absolute atomic E-state index is 0.00827. The lowest BCUT2D eigenvalue weighted by molar-refractivity contribution is 0.0951. The molecular weight excluding hydrogens is 549 g/mol. The normalized spacial score (nSPS) is 10.9. The molecule has 29 heavy (non-hydrogen) atoms. The molecule has 0 atom stereocenters. The summed E-state index contributed by atoms with van der Waals surface area (Å²) in [6.45, 7) is 0.303. The van der Waals surface area contributed by atoms with Gasteiger partial charge < -0.3 is 15.4 Å². The van der Waals surface area contributed by atoms with Crippen molar-refractivity contribution in [1.82, 2.24) is 15.4 Å². The Hall–Kier alpha value is -1.63. The lowest BCUT2D eigenvalue weighted by Crippen LogP contribution is -2.37. The van der Waals surface area contributed by atoms with E-state index in [2.05, 4.69) is 15.4 Å². The fourth-order valence-corrected chi connectivity index (χ4v) is 5.20. The van der Waals surface area contributed by atoms with E-state index in [0.29, 0.717) is 32.9 Å². The number of hydrogen-bond donors (Lipinski definition) is 3. The van der Waals surface area contributed by atoms with Crippen molar-refractivity contribution in [3.8, 4) is 5.75 Å². The Bertz CT molecular complexity index is 1030. The molecule has 1 amide bonds. The number of sulfonamides is 1. The molecule has 2 rings (SSSR count). The molecule has 7 nitrogen and oxygen atoms in total. The van der Waals surface area contributed by atoms with Crippen LogP contribution in [0.25, 0.3) is 0 Å². The van der Waals surface area contributed by atoms with Gasteiger partial charge in [-0.15, -0.1) is 0 Å². The van der Waals surface area contributed by atoms with Crippen LogP contribution in [0.3, 0.4) is 0 Å². The zero-order chi connectivity index (χ0) is 21.6. The minimum Gasteiger partial charge on any atom is -0.496 e. The number of halogens is 2. The molecule has 0 aliphatic heterocycles. The van der Waals surface area contributed by atoms with E-state index in [-0.39, 0.29) is 15.9 Å². The molecule has 3 N–H and O–H groups in total. The van der Waals surface area contributed by atoms with Crippen LogP contribution in [-0.4, -0.2) is 40.1 Å². The van der Waals surface area contributed by atoms with Crippen molar-refractivity contribution in [3.63, 3.8) is 0 Å². The maximum atomic E-state index is 12.5. The fourth-order valence-electron chi connectivity index (χ4n) is 2.41. The maximum absolute atomic E-state index is 12.5. The molecule has 0 aliphatic rings. The van der Waals surface area contributed by atoms with E-state index in [1.807, 2.05) is 28.7 Å². The van der Waals surface area contributed by atoms with Crippen LogP contribution in [0.15, 0.2) is 41.3 Å². The molecule has 0 fully saturated rings. The zero-order valence-electron chi connectivity index (χ0n) is 15.6. The van der Waals surface area contributed by atoms with Crippen molar-refractivity contribution in [2.75, 3.05) is 20.7 Å². The summed E-state index contributed by atoms with van der Waals surface area (Å²) in [5, 5.41) is 5.79. The molecular formula is C18H19ClIN3O4S2. The van der Waals surface area contributed by atoms with Crippen molar-refractivity contribution in [2.24, 2.45) is 0 Å². The summed E-state index contributed by atoms with van der Waals surface area (Å²) in [5.41, 5.74) is 1.08. The summed E-state index contributed by atoms with van der Waals surface area (Å²) in [6.07, 6.45) is 0.435. The molecule has 0 bridgehead atoms. The van der Waals surface area contributed by atoms with E-state index < -0.39 is 10.0 Å². The molecule has 0 radical (unpaired) electrons. The lowest BCUT2D eigenvalue weighted by atomic mass is 10.1. The molecule has 0 heterocycles. The Kier molecular flexibility index (Phi) is 8.49. The van der Waals surface area contributed by atoms with Gasteiger partial charge in [-0.2, -0.15) is 0 Å². The highest BCUT2D eigenvalue weighted by atomic mass is 127. The monoisotopic (exact) mass is 567 g/mol. The summed E-state index contributed by atoms with van der Waals surface area (Å²) in [5.74, 6) is 0.0878. The van der Waals surface area contributed by atoms with Gasteiger partial charge in [-0.25, -0.2) is 8.42 Å². The van der Waals surface area contributed by atoms with Gasteiger partial charge in [-0.05, 0) is 77.1 Å². The van der Waals surface area contributed by atoms with Crippen molar-refractivity contribution in [3.05, 3.63) is 56.1 Å². The van der Waals surface area contributed by atoms with Crippen LogP contribution in [0.4, 0.5) is 0 Å². The largest absolute Gasteiger partial charge is 0.496 e. The van der Waals surface area contributed by atoms with Gasteiger partial charge in [0.2, 0.25) is 0 Å². The Labute approximate surface area is 193 Å². The van der Waals surface area contributed by atoms with Gasteiger partial charge in [-0.1, -0.05) is 17.7 Å². The quantitative estimate of drug-likeness (QED) is 0.352. The molecule has 2 aromatic carbocycles. The highest BCUT2D eigenvalue weighted by Gasteiger charge is 2.19. The Balaban J connectivity index is 2.09. The van der Waals surface area contributed by atoms with E-state index in [1.54, 1.807) is 24.3 Å². The number of methoxy groups -OCH3 is 1. The molecule has 2 aromatic rings. The molecule has 0 saturated heterocycles. The Morgan fingerprint density at radius 1 is 1.24 bits per heavy atom. The van der Waals surface area contributed by atoms with Crippen LogP contribution in [0.1, 0.15) is 15.9 Å². The Morgan fingerprint density at radius 2 is 1.97 bits per heavy atom. The molecule has 156 valence electrons. The second-order valence-corrected chi connectivity index (χ2v) is 9.46. The summed E-state index contributed by atoms with van der Waals surface area (Å²) in [4.78, 5) is 12.5. The number of amides is 1. The van der Waals surface area contributed by atoms with Gasteiger partial charge in [0.15, 0.2) is 5.11 Å². The van der Waals surface area contributed by atoms with Crippen LogP contribution in [0, 0.1) is 3.57 Å². The van der Waals surface area contributed by atoms with Gasteiger partial charge in [0.1, 0.15) is 10.6 Å². The number of ether oxygens (including phenoxy) is 1. The molecule has 0 saturated carbocycles. The van der Waals surface area contributed by atoms with Gasteiger partial charge in [0, 0.05) is 22.2 Å². The molecule has 0 spiro atoms. The van der Waals surface area contributed by atoms with Crippen LogP contribution < -0.4 is 20.1 Å². The third kappa shape index (κ3) is 6.43. The number of carbonyl (C=O) groups is 1. The van der Waals surface area contributed by atoms with Crippen molar-refractivity contribution in [2.45, 2.75) is 11.3 Å². The average Bonchev–Trinajstić information content (AvgIpc) is 2.68. The number of hydrogen-bond acceptors (Lipinski definition) is 5. The zero-order valence-corrected chi connectivity index (χ0v) is 20.1. The third-order valence-corrected chi connectivity index (χ3v) is 7.21. The first-order valence-electron chi connectivity index (χ1n) is 8.32. The number of nitrogens with one attached hydrogen (secondary N) is 3. The second-order valence-electron chi connectivity index (χ2n) is 5.80. The van der Waals surface area contributed by atoms with Crippen LogP contribution >= 0.6 is 46.4 Å². The van der Waals surface area contributed by atoms with Gasteiger partial charge >= 0.3 is 0 Å². The first-order chi connectivity index (χ1) is 13.7. The minimum atomic E-state index is -3.80. The van der Waals surface area contributed by atoms with Crippen LogP contribution in [0.5, 0.6) is 5.75 Å². The SMILES string of the molecule is CNC(=S)NS(=O)(=O)c1cc(CCNC(=O)c2cc(Cl)ccc2OC)ccc1I. The topological polar surface area (TPSA) is 96.5 Å². The van der Waals surface area contributed by atoms with Crippen molar-refractivity contribution < 1.29 is 17.9 Å². The first-order valence-corrected chi connectivity index (χ1v) is 11.7. The summed E-state index contributed by atoms with van der Waals surface area (Å²) >= 11 is 12.8. The second kappa shape index (κ2) is 10.4. The van der Waals surface area contributed by atoms with Crippen LogP contribution in [-0.2, 0) is 16.4 Å². The van der Waals surface area contributed by atoms with E-state index in [9.17, 15) is 13.2 Å². The fraction of sp³-hybridized carbons (Fsp3) is 0.222. The number of carbonyl (C=O) groups excluding carboxylic acids is 1. The molecule has 11 heteroatoms. The van der Waals surface area contributed by atoms with E-state index in [1.165, 1.54) is 20.2 Å². The van der Waals surface area contributed by atoms with Crippen molar-refractivity contribution >= 4 is 67.5 Å². The van der Waals surface area contributed by atoms with Gasteiger partial charge in [0.05, 0.1) is 12.7 Å². The van der Waals surface area contributed by atoms with Gasteiger partial charge in [-0.3, -0.25) is 9.52 Å². The van der Waals surface area contributed by atoms with E-state index in [4.69, 9.17) is 28.6 Å². The summed E-state index contributed by atoms with van der Waals surface area (Å²) < 4.78 is 33.0. The molecule has 0 aromatic heterocycles.